The van der Waals surface area contributed by atoms with Gasteiger partial charge in [0.25, 0.3) is 5.91 Å². The second-order valence-corrected chi connectivity index (χ2v) is 7.45. The first-order chi connectivity index (χ1) is 14.0. The molecule has 0 unspecified atom stereocenters. The van der Waals surface area contributed by atoms with E-state index in [1.54, 1.807) is 25.3 Å². The maximum atomic E-state index is 12.6. The second kappa shape index (κ2) is 9.45. The summed E-state index contributed by atoms with van der Waals surface area (Å²) in [4.78, 5) is 26.3. The van der Waals surface area contributed by atoms with Crippen LogP contribution >= 0.6 is 0 Å². The van der Waals surface area contributed by atoms with Gasteiger partial charge < -0.3 is 19.7 Å². The van der Waals surface area contributed by atoms with Crippen molar-refractivity contribution >= 4 is 11.8 Å². The Kier molecular flexibility index (Phi) is 6.75. The number of nitrogens with one attached hydrogen (secondary N) is 1. The molecule has 1 fully saturated rings. The van der Waals surface area contributed by atoms with Crippen molar-refractivity contribution in [2.45, 2.75) is 45.9 Å². The normalized spacial score (nSPS) is 13.7. The fraction of sp³-hybridized carbons (Fsp3) is 0.391. The maximum absolute atomic E-state index is 12.6. The Balaban J connectivity index is 1.61. The summed E-state index contributed by atoms with van der Waals surface area (Å²) in [5.74, 6) is 1.17. The van der Waals surface area contributed by atoms with E-state index in [9.17, 15) is 9.59 Å². The predicted octanol–water partition coefficient (Wildman–Crippen LogP) is 3.53. The molecule has 1 N–H and O–H groups in total. The van der Waals surface area contributed by atoms with Gasteiger partial charge in [0.1, 0.15) is 0 Å². The number of benzene rings is 2. The third-order valence-corrected chi connectivity index (χ3v) is 4.78. The smallest absolute Gasteiger partial charge is 0.251 e. The van der Waals surface area contributed by atoms with Gasteiger partial charge >= 0.3 is 0 Å². The largest absolute Gasteiger partial charge is 0.493 e. The number of nitrogens with zero attached hydrogens (tertiary/aromatic N) is 1. The molecule has 2 aromatic rings. The van der Waals surface area contributed by atoms with Gasteiger partial charge in [-0.1, -0.05) is 24.3 Å². The van der Waals surface area contributed by atoms with Crippen LogP contribution in [0.1, 0.15) is 48.2 Å². The average Bonchev–Trinajstić information content (AvgIpc) is 3.10. The van der Waals surface area contributed by atoms with E-state index < -0.39 is 0 Å². The predicted molar refractivity (Wildman–Crippen MR) is 111 cm³/mol. The monoisotopic (exact) mass is 396 g/mol. The summed E-state index contributed by atoms with van der Waals surface area (Å²) >= 11 is 0. The van der Waals surface area contributed by atoms with Gasteiger partial charge in [-0.25, -0.2) is 0 Å². The van der Waals surface area contributed by atoms with Crippen LogP contribution in [0.2, 0.25) is 0 Å². The third kappa shape index (κ3) is 5.50. The Morgan fingerprint density at radius 1 is 1.14 bits per heavy atom. The molecule has 1 heterocycles. The van der Waals surface area contributed by atoms with Crippen molar-refractivity contribution in [2.75, 3.05) is 13.7 Å². The van der Waals surface area contributed by atoms with Crippen LogP contribution in [0.25, 0.3) is 0 Å². The van der Waals surface area contributed by atoms with E-state index in [2.05, 4.69) is 5.32 Å². The van der Waals surface area contributed by atoms with Gasteiger partial charge in [-0.2, -0.15) is 0 Å². The van der Waals surface area contributed by atoms with Crippen LogP contribution in [-0.4, -0.2) is 36.5 Å². The lowest BCUT2D eigenvalue weighted by Crippen LogP contribution is -2.24. The van der Waals surface area contributed by atoms with Crippen LogP contribution in [0.15, 0.2) is 42.5 Å². The lowest BCUT2D eigenvalue weighted by molar-refractivity contribution is -0.128. The van der Waals surface area contributed by atoms with E-state index in [1.165, 1.54) is 0 Å². The zero-order valence-electron chi connectivity index (χ0n) is 17.2. The highest BCUT2D eigenvalue weighted by atomic mass is 16.5. The molecule has 0 aliphatic carbocycles. The molecule has 2 amide bonds. The number of hydrogen-bond acceptors (Lipinski definition) is 4. The fourth-order valence-corrected chi connectivity index (χ4v) is 3.37. The molecule has 0 atom stereocenters. The Bertz CT molecular complexity index is 879. The molecule has 6 heteroatoms. The van der Waals surface area contributed by atoms with E-state index in [0.29, 0.717) is 36.6 Å². The van der Waals surface area contributed by atoms with Gasteiger partial charge in [-0.05, 0) is 49.6 Å². The third-order valence-electron chi connectivity index (χ3n) is 4.78. The maximum Gasteiger partial charge on any atom is 0.251 e. The van der Waals surface area contributed by atoms with E-state index >= 15 is 0 Å². The van der Waals surface area contributed by atoms with Crippen LogP contribution in [-0.2, 0) is 17.9 Å². The molecule has 3 rings (SSSR count). The summed E-state index contributed by atoms with van der Waals surface area (Å²) in [6, 6.07) is 13.1. The number of likely N-dealkylation sites (tertiary alicyclic amines) is 1. The lowest BCUT2D eigenvalue weighted by Gasteiger charge is -2.16. The van der Waals surface area contributed by atoms with Crippen LogP contribution in [0.4, 0.5) is 0 Å². The second-order valence-electron chi connectivity index (χ2n) is 7.45. The molecule has 29 heavy (non-hydrogen) atoms. The summed E-state index contributed by atoms with van der Waals surface area (Å²) in [6.07, 6.45) is 1.59. The number of amides is 2. The van der Waals surface area contributed by atoms with Crippen molar-refractivity contribution in [3.63, 3.8) is 0 Å². The van der Waals surface area contributed by atoms with Crippen molar-refractivity contribution in [3.05, 3.63) is 59.2 Å². The van der Waals surface area contributed by atoms with Crippen molar-refractivity contribution in [2.24, 2.45) is 0 Å². The molecule has 1 saturated heterocycles. The fourth-order valence-electron chi connectivity index (χ4n) is 3.37. The van der Waals surface area contributed by atoms with Gasteiger partial charge in [0.15, 0.2) is 11.5 Å². The molecule has 0 spiro atoms. The van der Waals surface area contributed by atoms with Gasteiger partial charge in [0.2, 0.25) is 5.91 Å². The average molecular weight is 396 g/mol. The van der Waals surface area contributed by atoms with E-state index in [-0.39, 0.29) is 17.9 Å². The highest BCUT2D eigenvalue weighted by molar-refractivity contribution is 5.94. The number of rotatable bonds is 8. The van der Waals surface area contributed by atoms with Gasteiger partial charge in [0.05, 0.1) is 13.2 Å². The molecule has 0 radical (unpaired) electrons. The molecule has 0 aromatic heterocycles. The Hall–Kier alpha value is -3.02. The number of ether oxygens (including phenoxy) is 2. The minimum absolute atomic E-state index is 0.0201. The zero-order chi connectivity index (χ0) is 20.8. The van der Waals surface area contributed by atoms with E-state index in [0.717, 1.165) is 24.1 Å². The summed E-state index contributed by atoms with van der Waals surface area (Å²) in [6.45, 7) is 5.72. The number of hydrogen-bond donors (Lipinski definition) is 1. The molecule has 2 aromatic carbocycles. The SMILES string of the molecule is COc1cc(C(=O)NCc2cccc(CN3CCCC3=O)c2)ccc1OC(C)C. The molecular weight excluding hydrogens is 368 g/mol. The standard InChI is InChI=1S/C23H28N2O4/c1-16(2)29-20-10-9-19(13-21(20)28-3)23(27)24-14-17-6-4-7-18(12-17)15-25-11-5-8-22(25)26/h4,6-7,9-10,12-13,16H,5,8,11,14-15H2,1-3H3,(H,24,27). The number of carbonyl (C=O) groups is 2. The molecule has 1 aliphatic rings. The van der Waals surface area contributed by atoms with E-state index in [4.69, 9.17) is 9.47 Å². The quantitative estimate of drug-likeness (QED) is 0.741. The molecular formula is C23H28N2O4. The summed E-state index contributed by atoms with van der Waals surface area (Å²) in [5.41, 5.74) is 2.58. The van der Waals surface area contributed by atoms with Crippen molar-refractivity contribution in [1.29, 1.82) is 0 Å². The first-order valence-electron chi connectivity index (χ1n) is 9.94. The van der Waals surface area contributed by atoms with E-state index in [1.807, 2.05) is 43.0 Å². The van der Waals surface area contributed by atoms with Crippen LogP contribution < -0.4 is 14.8 Å². The summed E-state index contributed by atoms with van der Waals surface area (Å²) < 4.78 is 11.0. The minimum atomic E-state index is -0.181. The van der Waals surface area contributed by atoms with Crippen LogP contribution in [0.5, 0.6) is 11.5 Å². The first-order valence-corrected chi connectivity index (χ1v) is 9.94. The molecule has 0 bridgehead atoms. The highest BCUT2D eigenvalue weighted by Crippen LogP contribution is 2.29. The molecule has 154 valence electrons. The lowest BCUT2D eigenvalue weighted by atomic mass is 10.1. The van der Waals surface area contributed by atoms with Crippen molar-refractivity contribution in [1.82, 2.24) is 10.2 Å². The van der Waals surface area contributed by atoms with Gasteiger partial charge in [-0.15, -0.1) is 0 Å². The topological polar surface area (TPSA) is 67.9 Å². The van der Waals surface area contributed by atoms with Crippen molar-refractivity contribution < 1.29 is 19.1 Å². The summed E-state index contributed by atoms with van der Waals surface area (Å²) in [5, 5.41) is 2.94. The first kappa shape index (κ1) is 20.7. The Labute approximate surface area is 171 Å². The molecule has 6 nitrogen and oxygen atoms in total. The van der Waals surface area contributed by atoms with Crippen molar-refractivity contribution in [3.8, 4) is 11.5 Å². The highest BCUT2D eigenvalue weighted by Gasteiger charge is 2.20. The minimum Gasteiger partial charge on any atom is -0.493 e. The number of methoxy groups -OCH3 is 1. The Morgan fingerprint density at radius 3 is 2.62 bits per heavy atom. The van der Waals surface area contributed by atoms with Crippen LogP contribution in [0.3, 0.4) is 0 Å². The van der Waals surface area contributed by atoms with Gasteiger partial charge in [-0.3, -0.25) is 9.59 Å². The zero-order valence-corrected chi connectivity index (χ0v) is 17.2. The number of carbonyl (C=O) groups excluding carboxylic acids is 2. The summed E-state index contributed by atoms with van der Waals surface area (Å²) in [7, 11) is 1.56. The van der Waals surface area contributed by atoms with Gasteiger partial charge in [0, 0.05) is 31.6 Å². The molecule has 0 saturated carbocycles. The van der Waals surface area contributed by atoms with Crippen LogP contribution in [0, 0.1) is 0 Å². The Morgan fingerprint density at radius 2 is 1.93 bits per heavy atom. The molecule has 1 aliphatic heterocycles.